The van der Waals surface area contributed by atoms with E-state index in [1.807, 2.05) is 17.7 Å². The molecule has 0 amide bonds. The van der Waals surface area contributed by atoms with Gasteiger partial charge in [0.25, 0.3) is 5.56 Å². The Labute approximate surface area is 164 Å². The van der Waals surface area contributed by atoms with Crippen LogP contribution >= 0.6 is 11.3 Å². The molecule has 0 saturated heterocycles. The average molecular weight is 393 g/mol. The van der Waals surface area contributed by atoms with Crippen molar-refractivity contribution in [2.24, 2.45) is 7.05 Å². The summed E-state index contributed by atoms with van der Waals surface area (Å²) in [6, 6.07) is 1.92. The molecule has 0 aliphatic rings. The minimum absolute atomic E-state index is 0.150. The smallest absolute Gasteiger partial charge is 0.291 e. The number of rotatable bonds is 7. The molecule has 4 aromatic rings. The Hall–Kier alpha value is -3.33. The Morgan fingerprint density at radius 1 is 1.46 bits per heavy atom. The van der Waals surface area contributed by atoms with Crippen molar-refractivity contribution >= 4 is 38.8 Å². The van der Waals surface area contributed by atoms with Crippen LogP contribution in [0.3, 0.4) is 0 Å². The summed E-state index contributed by atoms with van der Waals surface area (Å²) in [5, 5.41) is 20.5. The first kappa shape index (κ1) is 18.1. The number of aromatic amines is 1. The number of H-pyrrole nitrogens is 1. The van der Waals surface area contributed by atoms with Crippen LogP contribution in [-0.2, 0) is 20.0 Å². The van der Waals surface area contributed by atoms with E-state index in [0.29, 0.717) is 24.9 Å². The lowest BCUT2D eigenvalue weighted by Gasteiger charge is -2.05. The van der Waals surface area contributed by atoms with Gasteiger partial charge < -0.3 is 9.98 Å². The monoisotopic (exact) mass is 393 g/mol. The van der Waals surface area contributed by atoms with E-state index in [9.17, 15) is 4.79 Å². The Balaban J connectivity index is 1.71. The van der Waals surface area contributed by atoms with Gasteiger partial charge >= 0.3 is 0 Å². The van der Waals surface area contributed by atoms with Gasteiger partial charge in [0, 0.05) is 43.5 Å². The van der Waals surface area contributed by atoms with E-state index in [-0.39, 0.29) is 5.56 Å². The third-order valence-corrected chi connectivity index (χ3v) is 5.68. The number of thiazole rings is 1. The van der Waals surface area contributed by atoms with E-state index in [2.05, 4.69) is 21.9 Å². The number of allylic oxidation sites excluding steroid dienone is 3. The largest absolute Gasteiger partial charge is 0.323 e. The van der Waals surface area contributed by atoms with Gasteiger partial charge in [-0.1, -0.05) is 18.7 Å². The molecule has 0 saturated carbocycles. The second-order valence-corrected chi connectivity index (χ2v) is 7.47. The van der Waals surface area contributed by atoms with Crippen LogP contribution in [0.1, 0.15) is 17.1 Å². The van der Waals surface area contributed by atoms with Crippen LogP contribution in [0.4, 0.5) is 0 Å². The highest BCUT2D eigenvalue weighted by molar-refractivity contribution is 7.19. The second kappa shape index (κ2) is 7.35. The number of aromatic nitrogens is 6. The summed E-state index contributed by atoms with van der Waals surface area (Å²) < 4.78 is 4.25. The molecule has 8 nitrogen and oxygen atoms in total. The summed E-state index contributed by atoms with van der Waals surface area (Å²) in [4.78, 5) is 17.7. The first-order valence-corrected chi connectivity index (χ1v) is 9.58. The lowest BCUT2D eigenvalue weighted by molar-refractivity contribution is 0.585. The first-order chi connectivity index (χ1) is 13.6. The highest BCUT2D eigenvalue weighted by Crippen LogP contribution is 2.31. The molecule has 28 heavy (non-hydrogen) atoms. The SMILES string of the molecule is C=C/C=C(\C=N)CCn1ncc2c3sc(Cc4ccn[nH]4)nc3n(C)c2c1=O. The number of hydrogen-bond acceptors (Lipinski definition) is 6. The average Bonchev–Trinajstić information content (AvgIpc) is 3.40. The highest BCUT2D eigenvalue weighted by atomic mass is 32.1. The van der Waals surface area contributed by atoms with Gasteiger partial charge in [-0.2, -0.15) is 10.2 Å². The van der Waals surface area contributed by atoms with Crippen molar-refractivity contribution in [3.8, 4) is 0 Å². The summed E-state index contributed by atoms with van der Waals surface area (Å²) >= 11 is 1.57. The molecule has 0 atom stereocenters. The van der Waals surface area contributed by atoms with E-state index in [1.54, 1.807) is 35.9 Å². The summed E-state index contributed by atoms with van der Waals surface area (Å²) in [5.41, 5.74) is 3.03. The molecule has 0 aliphatic heterocycles. The number of aryl methyl sites for hydroxylation is 2. The molecule has 0 aliphatic carbocycles. The molecular weight excluding hydrogens is 374 g/mol. The van der Waals surface area contributed by atoms with E-state index in [1.165, 1.54) is 10.9 Å². The minimum Gasteiger partial charge on any atom is -0.323 e. The lowest BCUT2D eigenvalue weighted by atomic mass is 10.2. The molecule has 0 aromatic carbocycles. The van der Waals surface area contributed by atoms with E-state index in [0.717, 1.165) is 32.0 Å². The van der Waals surface area contributed by atoms with Gasteiger partial charge in [0.15, 0.2) is 5.65 Å². The van der Waals surface area contributed by atoms with Gasteiger partial charge in [0.2, 0.25) is 0 Å². The normalized spacial score (nSPS) is 12.1. The van der Waals surface area contributed by atoms with Gasteiger partial charge in [0.1, 0.15) is 10.5 Å². The third-order valence-electron chi connectivity index (χ3n) is 4.60. The van der Waals surface area contributed by atoms with Gasteiger partial charge in [-0.3, -0.25) is 9.89 Å². The highest BCUT2D eigenvalue weighted by Gasteiger charge is 2.18. The summed E-state index contributed by atoms with van der Waals surface area (Å²) in [6.45, 7) is 4.05. The van der Waals surface area contributed by atoms with Crippen molar-refractivity contribution in [3.05, 3.63) is 63.8 Å². The van der Waals surface area contributed by atoms with Crippen molar-refractivity contribution in [2.45, 2.75) is 19.4 Å². The van der Waals surface area contributed by atoms with Crippen LogP contribution in [0.5, 0.6) is 0 Å². The fourth-order valence-electron chi connectivity index (χ4n) is 3.20. The predicted molar refractivity (Wildman–Crippen MR) is 111 cm³/mol. The maximum Gasteiger partial charge on any atom is 0.291 e. The zero-order valence-corrected chi connectivity index (χ0v) is 16.2. The minimum atomic E-state index is -0.150. The van der Waals surface area contributed by atoms with Gasteiger partial charge in [-0.15, -0.1) is 11.3 Å². The molecule has 4 heterocycles. The van der Waals surface area contributed by atoms with Crippen LogP contribution in [0.15, 0.2) is 47.6 Å². The molecule has 0 unspecified atom stereocenters. The molecule has 0 radical (unpaired) electrons. The van der Waals surface area contributed by atoms with Crippen molar-refractivity contribution in [1.29, 1.82) is 5.41 Å². The Kier molecular flexibility index (Phi) is 4.74. The van der Waals surface area contributed by atoms with Crippen molar-refractivity contribution in [2.75, 3.05) is 0 Å². The van der Waals surface area contributed by atoms with E-state index >= 15 is 0 Å². The molecule has 142 valence electrons. The molecule has 4 aromatic heterocycles. The maximum atomic E-state index is 13.0. The van der Waals surface area contributed by atoms with Gasteiger partial charge in [-0.05, 0) is 18.1 Å². The molecule has 0 spiro atoms. The fraction of sp³-hybridized carbons (Fsp3) is 0.211. The molecule has 0 bridgehead atoms. The van der Waals surface area contributed by atoms with Gasteiger partial charge in [-0.25, -0.2) is 9.67 Å². The lowest BCUT2D eigenvalue weighted by Crippen LogP contribution is -2.24. The van der Waals surface area contributed by atoms with Gasteiger partial charge in [0.05, 0.1) is 10.9 Å². The predicted octanol–water partition coefficient (Wildman–Crippen LogP) is 2.81. The Bertz CT molecular complexity index is 1260. The van der Waals surface area contributed by atoms with Crippen molar-refractivity contribution in [3.63, 3.8) is 0 Å². The van der Waals surface area contributed by atoms with Crippen LogP contribution < -0.4 is 5.56 Å². The Morgan fingerprint density at radius 3 is 3.04 bits per heavy atom. The molecule has 0 fully saturated rings. The second-order valence-electron chi connectivity index (χ2n) is 6.38. The van der Waals surface area contributed by atoms with Crippen LogP contribution in [0.25, 0.3) is 21.3 Å². The fourth-order valence-corrected chi connectivity index (χ4v) is 4.33. The van der Waals surface area contributed by atoms with E-state index < -0.39 is 0 Å². The number of fused-ring (bicyclic) bond motifs is 3. The summed E-state index contributed by atoms with van der Waals surface area (Å²) in [7, 11) is 1.86. The standard InChI is InChI=1S/C19H19N7OS/c1-3-4-12(10-20)6-8-26-19(27)16-14(11-22-26)17-18(25(16)2)23-15(28-17)9-13-5-7-21-24-13/h3-5,7,10-11,20H,1,6,8-9H2,2H3,(H,21,24)/b12-4-,20-10?. The summed E-state index contributed by atoms with van der Waals surface area (Å²) in [6.07, 6.45) is 9.34. The number of hydrogen-bond donors (Lipinski definition) is 2. The molecule has 4 rings (SSSR count). The molecular formula is C19H19N7OS. The zero-order valence-electron chi connectivity index (χ0n) is 15.3. The van der Waals surface area contributed by atoms with E-state index in [4.69, 9.17) is 10.4 Å². The van der Waals surface area contributed by atoms with Crippen LogP contribution in [0.2, 0.25) is 0 Å². The molecule has 2 N–H and O–H groups in total. The quantitative estimate of drug-likeness (QED) is 0.372. The first-order valence-electron chi connectivity index (χ1n) is 8.76. The topological polar surface area (TPSA) is 105 Å². The number of nitrogens with one attached hydrogen (secondary N) is 2. The maximum absolute atomic E-state index is 13.0. The van der Waals surface area contributed by atoms with Crippen LogP contribution in [-0.4, -0.2) is 35.7 Å². The molecule has 9 heteroatoms. The Morgan fingerprint density at radius 2 is 2.32 bits per heavy atom. The van der Waals surface area contributed by atoms with Crippen LogP contribution in [0, 0.1) is 5.41 Å². The summed E-state index contributed by atoms with van der Waals surface area (Å²) in [5.74, 6) is 0. The van der Waals surface area contributed by atoms with Crippen molar-refractivity contribution in [1.82, 2.24) is 29.5 Å². The van der Waals surface area contributed by atoms with Crippen molar-refractivity contribution < 1.29 is 0 Å². The third kappa shape index (κ3) is 3.09. The zero-order chi connectivity index (χ0) is 19.7. The number of nitrogens with zero attached hydrogens (tertiary/aromatic N) is 5.